The zero-order valence-electron chi connectivity index (χ0n) is 12.7. The van der Waals surface area contributed by atoms with Crippen LogP contribution in [0, 0.1) is 5.82 Å². The molecule has 0 radical (unpaired) electrons. The number of halogens is 2. The van der Waals surface area contributed by atoms with Crippen molar-refractivity contribution in [3.8, 4) is 11.5 Å². The van der Waals surface area contributed by atoms with Crippen molar-refractivity contribution in [1.29, 1.82) is 0 Å². The van der Waals surface area contributed by atoms with Gasteiger partial charge in [-0.1, -0.05) is 22.0 Å². The van der Waals surface area contributed by atoms with E-state index in [0.717, 1.165) is 10.0 Å². The van der Waals surface area contributed by atoms with E-state index in [1.165, 1.54) is 18.2 Å². The Hall–Kier alpha value is -2.34. The van der Waals surface area contributed by atoms with Crippen molar-refractivity contribution in [2.24, 2.45) is 0 Å². The van der Waals surface area contributed by atoms with Gasteiger partial charge in [0.25, 0.3) is 0 Å². The first-order chi connectivity index (χ1) is 11.6. The molecule has 1 heterocycles. The number of hydrogen-bond acceptors (Lipinski definition) is 3. The van der Waals surface area contributed by atoms with E-state index < -0.39 is 0 Å². The molecule has 24 heavy (non-hydrogen) atoms. The van der Waals surface area contributed by atoms with Gasteiger partial charge in [0.2, 0.25) is 5.91 Å². The Balaban J connectivity index is 1.59. The summed E-state index contributed by atoms with van der Waals surface area (Å²) in [6, 6.07) is 10.1. The molecule has 1 amide bonds. The molecule has 4 nitrogen and oxygen atoms in total. The van der Waals surface area contributed by atoms with E-state index in [2.05, 4.69) is 21.2 Å². The van der Waals surface area contributed by atoms with Crippen molar-refractivity contribution in [2.75, 3.05) is 13.2 Å². The molecule has 0 fully saturated rings. The Kier molecular flexibility index (Phi) is 5.15. The molecule has 1 N–H and O–H groups in total. The van der Waals surface area contributed by atoms with Gasteiger partial charge in [0, 0.05) is 22.7 Å². The van der Waals surface area contributed by atoms with Crippen LogP contribution in [0.1, 0.15) is 11.1 Å². The summed E-state index contributed by atoms with van der Waals surface area (Å²) < 4.78 is 25.3. The Morgan fingerprint density at radius 1 is 1.17 bits per heavy atom. The fourth-order valence-electron chi connectivity index (χ4n) is 2.25. The van der Waals surface area contributed by atoms with E-state index in [9.17, 15) is 9.18 Å². The van der Waals surface area contributed by atoms with Gasteiger partial charge in [0.05, 0.1) is 0 Å². The highest BCUT2D eigenvalue weighted by atomic mass is 79.9. The minimum Gasteiger partial charge on any atom is -0.486 e. The highest BCUT2D eigenvalue weighted by Crippen LogP contribution is 2.30. The van der Waals surface area contributed by atoms with Crippen molar-refractivity contribution in [3.63, 3.8) is 0 Å². The maximum atomic E-state index is 13.6. The van der Waals surface area contributed by atoms with Crippen LogP contribution in [0.15, 0.2) is 46.9 Å². The minimum atomic E-state index is -0.380. The predicted octanol–water partition coefficient (Wildman–Crippen LogP) is 3.69. The van der Waals surface area contributed by atoms with Crippen LogP contribution >= 0.6 is 15.9 Å². The molecule has 2 aromatic carbocycles. The summed E-state index contributed by atoms with van der Waals surface area (Å²) in [4.78, 5) is 11.9. The van der Waals surface area contributed by atoms with Crippen molar-refractivity contribution in [1.82, 2.24) is 5.32 Å². The molecular formula is C18H15BrFNO3. The molecule has 0 saturated carbocycles. The van der Waals surface area contributed by atoms with Crippen LogP contribution in [0.2, 0.25) is 0 Å². The van der Waals surface area contributed by atoms with Crippen molar-refractivity contribution >= 4 is 27.9 Å². The van der Waals surface area contributed by atoms with Crippen LogP contribution < -0.4 is 14.8 Å². The predicted molar refractivity (Wildman–Crippen MR) is 92.4 cm³/mol. The van der Waals surface area contributed by atoms with Gasteiger partial charge in [-0.05, 0) is 42.0 Å². The zero-order chi connectivity index (χ0) is 16.9. The molecule has 1 aliphatic heterocycles. The Morgan fingerprint density at radius 2 is 1.96 bits per heavy atom. The first kappa shape index (κ1) is 16.5. The number of carbonyl (C=O) groups is 1. The SMILES string of the molecule is O=C(/C=C/c1cc(Br)ccc1F)NCc1ccc2c(c1)OCCO2. The van der Waals surface area contributed by atoms with Crippen molar-refractivity contribution < 1.29 is 18.7 Å². The van der Waals surface area contributed by atoms with Crippen LogP contribution in [0.25, 0.3) is 6.08 Å². The third-order valence-corrected chi connectivity index (χ3v) is 3.94. The summed E-state index contributed by atoms with van der Waals surface area (Å²) in [7, 11) is 0. The highest BCUT2D eigenvalue weighted by molar-refractivity contribution is 9.10. The van der Waals surface area contributed by atoms with Gasteiger partial charge >= 0.3 is 0 Å². The zero-order valence-corrected chi connectivity index (χ0v) is 14.3. The van der Waals surface area contributed by atoms with Crippen molar-refractivity contribution in [2.45, 2.75) is 6.54 Å². The van der Waals surface area contributed by atoms with Crippen LogP contribution in [0.4, 0.5) is 4.39 Å². The molecule has 124 valence electrons. The lowest BCUT2D eigenvalue weighted by Crippen LogP contribution is -2.21. The van der Waals surface area contributed by atoms with Gasteiger partial charge in [0.1, 0.15) is 19.0 Å². The average molecular weight is 392 g/mol. The van der Waals surface area contributed by atoms with Gasteiger partial charge in [-0.25, -0.2) is 4.39 Å². The summed E-state index contributed by atoms with van der Waals surface area (Å²) >= 11 is 3.27. The summed E-state index contributed by atoms with van der Waals surface area (Å²) in [6.07, 6.45) is 2.75. The molecule has 0 atom stereocenters. The minimum absolute atomic E-state index is 0.302. The first-order valence-electron chi connectivity index (χ1n) is 7.41. The van der Waals surface area contributed by atoms with E-state index in [-0.39, 0.29) is 11.7 Å². The lowest BCUT2D eigenvalue weighted by atomic mass is 10.2. The maximum Gasteiger partial charge on any atom is 0.244 e. The average Bonchev–Trinajstić information content (AvgIpc) is 2.60. The van der Waals surface area contributed by atoms with Gasteiger partial charge in [-0.3, -0.25) is 4.79 Å². The summed E-state index contributed by atoms with van der Waals surface area (Å²) in [6.45, 7) is 1.41. The van der Waals surface area contributed by atoms with E-state index in [1.807, 2.05) is 18.2 Å². The monoisotopic (exact) mass is 391 g/mol. The second kappa shape index (κ2) is 7.49. The molecule has 1 aliphatic rings. The Morgan fingerprint density at radius 3 is 2.79 bits per heavy atom. The van der Waals surface area contributed by atoms with E-state index in [0.29, 0.717) is 36.8 Å². The number of amides is 1. The third kappa shape index (κ3) is 4.14. The topological polar surface area (TPSA) is 47.6 Å². The second-order valence-corrected chi connectivity index (χ2v) is 6.11. The lowest BCUT2D eigenvalue weighted by molar-refractivity contribution is -0.116. The lowest BCUT2D eigenvalue weighted by Gasteiger charge is -2.18. The van der Waals surface area contributed by atoms with E-state index >= 15 is 0 Å². The van der Waals surface area contributed by atoms with Crippen LogP contribution in [-0.2, 0) is 11.3 Å². The van der Waals surface area contributed by atoms with Crippen molar-refractivity contribution in [3.05, 3.63) is 63.9 Å². The van der Waals surface area contributed by atoms with Gasteiger partial charge in [-0.2, -0.15) is 0 Å². The van der Waals surface area contributed by atoms with Crippen LogP contribution in [0.5, 0.6) is 11.5 Å². The summed E-state index contributed by atoms with van der Waals surface area (Å²) in [5.74, 6) is 0.708. The largest absolute Gasteiger partial charge is 0.486 e. The van der Waals surface area contributed by atoms with E-state index in [4.69, 9.17) is 9.47 Å². The van der Waals surface area contributed by atoms with Crippen LogP contribution in [-0.4, -0.2) is 19.1 Å². The fourth-order valence-corrected chi connectivity index (χ4v) is 2.63. The number of hydrogen-bond donors (Lipinski definition) is 1. The quantitative estimate of drug-likeness (QED) is 0.808. The molecular weight excluding hydrogens is 377 g/mol. The normalized spacial score (nSPS) is 13.1. The number of ether oxygens (including phenoxy) is 2. The molecule has 6 heteroatoms. The molecule has 0 aromatic heterocycles. The molecule has 0 unspecified atom stereocenters. The van der Waals surface area contributed by atoms with Crippen LogP contribution in [0.3, 0.4) is 0 Å². The second-order valence-electron chi connectivity index (χ2n) is 5.19. The molecule has 0 saturated heterocycles. The standard InChI is InChI=1S/C18H15BrFNO3/c19-14-3-4-15(20)13(10-14)2-6-18(22)21-11-12-1-5-16-17(9-12)24-8-7-23-16/h1-6,9-10H,7-8,11H2,(H,21,22)/b6-2+. The fraction of sp³-hybridized carbons (Fsp3) is 0.167. The van der Waals surface area contributed by atoms with Gasteiger partial charge in [0.15, 0.2) is 11.5 Å². The molecule has 0 aliphatic carbocycles. The highest BCUT2D eigenvalue weighted by Gasteiger charge is 2.11. The smallest absolute Gasteiger partial charge is 0.244 e. The summed E-state index contributed by atoms with van der Waals surface area (Å²) in [5, 5.41) is 2.75. The number of carbonyl (C=O) groups excluding carboxylic acids is 1. The maximum absolute atomic E-state index is 13.6. The number of nitrogens with one attached hydrogen (secondary N) is 1. The van der Waals surface area contributed by atoms with Gasteiger partial charge in [-0.15, -0.1) is 0 Å². The Labute approximate surface area is 147 Å². The number of rotatable bonds is 4. The van der Waals surface area contributed by atoms with E-state index in [1.54, 1.807) is 12.1 Å². The third-order valence-electron chi connectivity index (χ3n) is 3.45. The molecule has 2 aromatic rings. The molecule has 3 rings (SSSR count). The molecule has 0 spiro atoms. The molecule has 0 bridgehead atoms. The van der Waals surface area contributed by atoms with Gasteiger partial charge < -0.3 is 14.8 Å². The Bertz CT molecular complexity index is 792. The number of benzene rings is 2. The first-order valence-corrected chi connectivity index (χ1v) is 8.20. The summed E-state index contributed by atoms with van der Waals surface area (Å²) in [5.41, 5.74) is 1.24. The number of fused-ring (bicyclic) bond motifs is 1.